The fourth-order valence-corrected chi connectivity index (χ4v) is 2.98. The maximum absolute atomic E-state index is 12.0. The van der Waals surface area contributed by atoms with Crippen molar-refractivity contribution in [2.45, 2.75) is 38.9 Å². The van der Waals surface area contributed by atoms with Gasteiger partial charge in [-0.3, -0.25) is 9.69 Å². The number of benzene rings is 1. The molecule has 2 rings (SSSR count). The van der Waals surface area contributed by atoms with Gasteiger partial charge in [-0.15, -0.1) is 0 Å². The first-order valence-corrected chi connectivity index (χ1v) is 7.47. The van der Waals surface area contributed by atoms with Crippen LogP contribution in [0.15, 0.2) is 24.3 Å². The summed E-state index contributed by atoms with van der Waals surface area (Å²) in [5.74, 6) is 0.101. The van der Waals surface area contributed by atoms with E-state index in [2.05, 4.69) is 18.7 Å². The number of ether oxygens (including phenoxy) is 1. The van der Waals surface area contributed by atoms with Crippen LogP contribution in [0.1, 0.15) is 32.3 Å². The van der Waals surface area contributed by atoms with Crippen LogP contribution in [0.5, 0.6) is 0 Å². The molecule has 1 aromatic carbocycles. The van der Waals surface area contributed by atoms with Crippen LogP contribution in [-0.2, 0) is 9.53 Å². The average molecular weight is 296 g/mol. The summed E-state index contributed by atoms with van der Waals surface area (Å²) in [5, 5.41) is 0.699. The third-order valence-corrected chi connectivity index (χ3v) is 3.95. The van der Waals surface area contributed by atoms with Crippen LogP contribution in [0.3, 0.4) is 0 Å². The van der Waals surface area contributed by atoms with Crippen molar-refractivity contribution in [2.75, 3.05) is 19.6 Å². The lowest BCUT2D eigenvalue weighted by Gasteiger charge is -2.36. The number of nitrogens with zero attached hydrogens (tertiary/aromatic N) is 1. The molecule has 0 bridgehead atoms. The van der Waals surface area contributed by atoms with E-state index in [1.807, 2.05) is 24.3 Å². The van der Waals surface area contributed by atoms with Gasteiger partial charge >= 0.3 is 0 Å². The van der Waals surface area contributed by atoms with E-state index in [-0.39, 0.29) is 23.9 Å². The predicted molar refractivity (Wildman–Crippen MR) is 81.3 cm³/mol. The fourth-order valence-electron chi connectivity index (χ4n) is 2.86. The van der Waals surface area contributed by atoms with E-state index < -0.39 is 0 Å². The zero-order valence-electron chi connectivity index (χ0n) is 12.3. The van der Waals surface area contributed by atoms with Gasteiger partial charge in [0.2, 0.25) is 0 Å². The summed E-state index contributed by atoms with van der Waals surface area (Å²) in [4.78, 5) is 14.3. The van der Waals surface area contributed by atoms with E-state index in [9.17, 15) is 4.79 Å². The van der Waals surface area contributed by atoms with Gasteiger partial charge in [0.15, 0.2) is 0 Å². The van der Waals surface area contributed by atoms with Crippen LogP contribution >= 0.6 is 11.6 Å². The third kappa shape index (κ3) is 4.05. The molecule has 0 saturated carbocycles. The minimum absolute atomic E-state index is 0.0928. The van der Waals surface area contributed by atoms with Gasteiger partial charge in [-0.25, -0.2) is 0 Å². The topological polar surface area (TPSA) is 29.5 Å². The summed E-state index contributed by atoms with van der Waals surface area (Å²) >= 11 is 5.91. The van der Waals surface area contributed by atoms with Crippen molar-refractivity contribution in [1.82, 2.24) is 4.90 Å². The number of carbonyl (C=O) groups excluding carboxylic acids is 1. The molecule has 0 aromatic heterocycles. The van der Waals surface area contributed by atoms with Crippen molar-refractivity contribution in [3.63, 3.8) is 0 Å². The van der Waals surface area contributed by atoms with E-state index >= 15 is 0 Å². The Labute approximate surface area is 125 Å². The zero-order valence-corrected chi connectivity index (χ0v) is 13.1. The smallest absolute Gasteiger partial charge is 0.138 e. The second-order valence-electron chi connectivity index (χ2n) is 5.69. The summed E-state index contributed by atoms with van der Waals surface area (Å²) in [5.41, 5.74) is 1.04. The summed E-state index contributed by atoms with van der Waals surface area (Å²) in [7, 11) is 0. The quantitative estimate of drug-likeness (QED) is 0.855. The fraction of sp³-hybridized carbons (Fsp3) is 0.562. The third-order valence-electron chi connectivity index (χ3n) is 3.70. The van der Waals surface area contributed by atoms with Gasteiger partial charge in [0.05, 0.1) is 18.1 Å². The lowest BCUT2D eigenvalue weighted by atomic mass is 9.94. The molecule has 0 radical (unpaired) electrons. The average Bonchev–Trinajstić information content (AvgIpc) is 2.36. The van der Waals surface area contributed by atoms with Crippen LogP contribution in [0.4, 0.5) is 0 Å². The molecule has 0 aliphatic carbocycles. The normalized spacial score (nSPS) is 25.4. The van der Waals surface area contributed by atoms with Crippen LogP contribution in [0.25, 0.3) is 0 Å². The number of halogens is 1. The van der Waals surface area contributed by atoms with Gasteiger partial charge in [0.1, 0.15) is 5.78 Å². The summed E-state index contributed by atoms with van der Waals surface area (Å²) in [6.45, 7) is 8.31. The zero-order chi connectivity index (χ0) is 14.7. The molecule has 0 unspecified atom stereocenters. The van der Waals surface area contributed by atoms with E-state index in [1.54, 1.807) is 6.92 Å². The Morgan fingerprint density at radius 2 is 1.85 bits per heavy atom. The highest BCUT2D eigenvalue weighted by Crippen LogP contribution is 2.22. The lowest BCUT2D eigenvalue weighted by Crippen LogP contribution is -2.47. The van der Waals surface area contributed by atoms with Crippen LogP contribution in [-0.4, -0.2) is 42.5 Å². The molecule has 1 aromatic rings. The maximum atomic E-state index is 12.0. The van der Waals surface area contributed by atoms with Crippen LogP contribution < -0.4 is 0 Å². The highest BCUT2D eigenvalue weighted by molar-refractivity contribution is 6.30. The number of ketones is 1. The Hall–Kier alpha value is -0.900. The highest BCUT2D eigenvalue weighted by atomic mass is 35.5. The van der Waals surface area contributed by atoms with E-state index in [1.165, 1.54) is 0 Å². The maximum Gasteiger partial charge on any atom is 0.138 e. The van der Waals surface area contributed by atoms with Crippen molar-refractivity contribution in [3.05, 3.63) is 34.9 Å². The number of hydrogen-bond donors (Lipinski definition) is 0. The van der Waals surface area contributed by atoms with Crippen molar-refractivity contribution >= 4 is 17.4 Å². The van der Waals surface area contributed by atoms with Gasteiger partial charge in [0.25, 0.3) is 0 Å². The van der Waals surface area contributed by atoms with Gasteiger partial charge in [-0.2, -0.15) is 0 Å². The SMILES string of the molecule is CC(=O)[C@H](CN1C[C@@H](C)O[C@@H](C)C1)c1ccc(Cl)cc1. The summed E-state index contributed by atoms with van der Waals surface area (Å²) in [6.07, 6.45) is 0.438. The molecule has 0 N–H and O–H groups in total. The Balaban J connectivity index is 2.09. The second-order valence-corrected chi connectivity index (χ2v) is 6.13. The molecule has 0 spiro atoms. The minimum atomic E-state index is -0.0928. The predicted octanol–water partition coefficient (Wildman–Crippen LogP) is 3.12. The highest BCUT2D eigenvalue weighted by Gasteiger charge is 2.26. The number of Topliss-reactive ketones (excluding diaryl/α,β-unsaturated/α-hetero) is 1. The minimum Gasteiger partial charge on any atom is -0.373 e. The largest absolute Gasteiger partial charge is 0.373 e. The lowest BCUT2D eigenvalue weighted by molar-refractivity contribution is -0.120. The Morgan fingerprint density at radius 1 is 1.30 bits per heavy atom. The molecule has 110 valence electrons. The molecule has 1 fully saturated rings. The van der Waals surface area contributed by atoms with Crippen molar-refractivity contribution in [3.8, 4) is 0 Å². The molecule has 3 nitrogen and oxygen atoms in total. The standard InChI is InChI=1S/C16H22ClNO2/c1-11-8-18(9-12(2)20-11)10-16(13(3)19)14-4-6-15(17)7-5-14/h4-7,11-12,16H,8-10H2,1-3H3/t11-,12+,16-/m0/s1. The first kappa shape index (κ1) is 15.5. The molecule has 1 saturated heterocycles. The number of carbonyl (C=O) groups is 1. The molecule has 1 aliphatic rings. The monoisotopic (exact) mass is 295 g/mol. The molecular formula is C16H22ClNO2. The van der Waals surface area contributed by atoms with Gasteiger partial charge in [-0.05, 0) is 38.5 Å². The van der Waals surface area contributed by atoms with Crippen molar-refractivity contribution in [2.24, 2.45) is 0 Å². The molecule has 3 atom stereocenters. The van der Waals surface area contributed by atoms with Crippen molar-refractivity contribution in [1.29, 1.82) is 0 Å². The van der Waals surface area contributed by atoms with Crippen LogP contribution in [0, 0.1) is 0 Å². The molecule has 1 aliphatic heterocycles. The van der Waals surface area contributed by atoms with Gasteiger partial charge in [-0.1, -0.05) is 23.7 Å². The number of morpholine rings is 1. The van der Waals surface area contributed by atoms with Crippen LogP contribution in [0.2, 0.25) is 5.02 Å². The molecule has 20 heavy (non-hydrogen) atoms. The molecule has 1 heterocycles. The molecule has 0 amide bonds. The van der Waals surface area contributed by atoms with E-state index in [0.29, 0.717) is 5.02 Å². The second kappa shape index (κ2) is 6.70. The van der Waals surface area contributed by atoms with Gasteiger partial charge < -0.3 is 4.74 Å². The first-order chi connectivity index (χ1) is 9.45. The Bertz CT molecular complexity index is 450. The van der Waals surface area contributed by atoms with Crippen molar-refractivity contribution < 1.29 is 9.53 Å². The van der Waals surface area contributed by atoms with E-state index in [4.69, 9.17) is 16.3 Å². The Kier molecular flexibility index (Phi) is 5.19. The number of hydrogen-bond acceptors (Lipinski definition) is 3. The first-order valence-electron chi connectivity index (χ1n) is 7.09. The Morgan fingerprint density at radius 3 is 2.35 bits per heavy atom. The number of rotatable bonds is 4. The molecular weight excluding hydrogens is 274 g/mol. The van der Waals surface area contributed by atoms with E-state index in [0.717, 1.165) is 25.2 Å². The summed E-state index contributed by atoms with van der Waals surface area (Å²) < 4.78 is 5.74. The summed E-state index contributed by atoms with van der Waals surface area (Å²) in [6, 6.07) is 7.58. The van der Waals surface area contributed by atoms with Gasteiger partial charge in [0, 0.05) is 24.7 Å². The molecule has 4 heteroatoms.